The number of hydrogen-bond donors (Lipinski definition) is 3. The number of aliphatic carboxylic acids is 1. The quantitative estimate of drug-likeness (QED) is 0.446. The Morgan fingerprint density at radius 1 is 1.33 bits per heavy atom. The maximum atomic E-state index is 11.1. The number of carbonyl (C=O) groups is 2. The molecule has 0 spiro atoms. The van der Waals surface area contributed by atoms with E-state index in [2.05, 4.69) is 5.32 Å². The number of hydrogen-bond acceptors (Lipinski definition) is 4. The van der Waals surface area contributed by atoms with Crippen molar-refractivity contribution in [2.45, 2.75) is 19.3 Å². The fourth-order valence-electron chi connectivity index (χ4n) is 0.940. The summed E-state index contributed by atoms with van der Waals surface area (Å²) in [5.74, 6) is -1.06. The zero-order chi connectivity index (χ0) is 11.5. The van der Waals surface area contributed by atoms with Gasteiger partial charge in [0.1, 0.15) is 6.61 Å². The van der Waals surface area contributed by atoms with E-state index in [1.54, 1.807) is 0 Å². The maximum absolute atomic E-state index is 11.1. The average molecular weight is 218 g/mol. The van der Waals surface area contributed by atoms with Crippen molar-refractivity contribution >= 4 is 11.9 Å². The zero-order valence-corrected chi connectivity index (χ0v) is 8.70. The van der Waals surface area contributed by atoms with E-state index in [9.17, 15) is 9.59 Å². The molecular formula is C9H18N2O4. The van der Waals surface area contributed by atoms with E-state index in [-0.39, 0.29) is 19.1 Å². The Bertz CT molecular complexity index is 197. The van der Waals surface area contributed by atoms with Crippen molar-refractivity contribution in [2.75, 3.05) is 26.3 Å². The Morgan fingerprint density at radius 3 is 2.67 bits per heavy atom. The van der Waals surface area contributed by atoms with Crippen LogP contribution in [0.3, 0.4) is 0 Å². The molecule has 0 aliphatic carbocycles. The van der Waals surface area contributed by atoms with Gasteiger partial charge in [-0.3, -0.25) is 4.79 Å². The van der Waals surface area contributed by atoms with Crippen molar-refractivity contribution < 1.29 is 19.4 Å². The van der Waals surface area contributed by atoms with Crippen molar-refractivity contribution in [3.63, 3.8) is 0 Å². The minimum absolute atomic E-state index is 0.0534. The largest absolute Gasteiger partial charge is 0.480 e. The molecule has 6 heteroatoms. The van der Waals surface area contributed by atoms with Gasteiger partial charge in [-0.15, -0.1) is 0 Å². The first-order valence-corrected chi connectivity index (χ1v) is 4.93. The van der Waals surface area contributed by atoms with E-state index in [1.807, 2.05) is 0 Å². The monoisotopic (exact) mass is 218 g/mol. The Morgan fingerprint density at radius 2 is 2.07 bits per heavy atom. The van der Waals surface area contributed by atoms with E-state index in [0.717, 1.165) is 12.8 Å². The first-order chi connectivity index (χ1) is 7.16. The van der Waals surface area contributed by atoms with E-state index >= 15 is 0 Å². The Kier molecular flexibility index (Phi) is 8.70. The van der Waals surface area contributed by atoms with E-state index in [0.29, 0.717) is 19.5 Å². The van der Waals surface area contributed by atoms with Crippen LogP contribution in [-0.4, -0.2) is 43.3 Å². The lowest BCUT2D eigenvalue weighted by Gasteiger charge is -2.04. The zero-order valence-electron chi connectivity index (χ0n) is 8.70. The van der Waals surface area contributed by atoms with Gasteiger partial charge in [-0.1, -0.05) is 0 Å². The fourth-order valence-corrected chi connectivity index (χ4v) is 0.940. The molecule has 0 aromatic carbocycles. The topological polar surface area (TPSA) is 102 Å². The van der Waals surface area contributed by atoms with Crippen molar-refractivity contribution in [3.05, 3.63) is 0 Å². The SMILES string of the molecule is NCCCCC(=O)NCCOCC(=O)O. The summed E-state index contributed by atoms with van der Waals surface area (Å²) < 4.78 is 4.74. The highest BCUT2D eigenvalue weighted by molar-refractivity contribution is 5.75. The minimum Gasteiger partial charge on any atom is -0.480 e. The molecule has 0 aliphatic heterocycles. The number of ether oxygens (including phenoxy) is 1. The van der Waals surface area contributed by atoms with Gasteiger partial charge in [0.2, 0.25) is 5.91 Å². The number of unbranched alkanes of at least 4 members (excludes halogenated alkanes) is 1. The molecule has 88 valence electrons. The molecule has 0 atom stereocenters. The summed E-state index contributed by atoms with van der Waals surface area (Å²) in [6.45, 7) is 0.821. The minimum atomic E-state index is -1.01. The van der Waals surface area contributed by atoms with Crippen LogP contribution >= 0.6 is 0 Å². The first-order valence-electron chi connectivity index (χ1n) is 4.93. The molecule has 0 fully saturated rings. The van der Waals surface area contributed by atoms with Gasteiger partial charge in [0.15, 0.2) is 0 Å². The lowest BCUT2D eigenvalue weighted by atomic mass is 10.2. The molecule has 0 saturated heterocycles. The number of rotatable bonds is 9. The van der Waals surface area contributed by atoms with Crippen molar-refractivity contribution in [3.8, 4) is 0 Å². The summed E-state index contributed by atoms with van der Waals surface area (Å²) >= 11 is 0. The van der Waals surface area contributed by atoms with Crippen LogP contribution in [-0.2, 0) is 14.3 Å². The summed E-state index contributed by atoms with van der Waals surface area (Å²) in [5, 5.41) is 10.9. The summed E-state index contributed by atoms with van der Waals surface area (Å²) in [7, 11) is 0. The number of carbonyl (C=O) groups excluding carboxylic acids is 1. The molecular weight excluding hydrogens is 200 g/mol. The van der Waals surface area contributed by atoms with Crippen molar-refractivity contribution in [2.24, 2.45) is 5.73 Å². The predicted molar refractivity (Wildman–Crippen MR) is 54.4 cm³/mol. The first kappa shape index (κ1) is 13.9. The summed E-state index contributed by atoms with van der Waals surface area (Å²) in [6, 6.07) is 0. The molecule has 0 bridgehead atoms. The van der Waals surface area contributed by atoms with E-state index in [1.165, 1.54) is 0 Å². The average Bonchev–Trinajstić information content (AvgIpc) is 2.17. The van der Waals surface area contributed by atoms with Crippen molar-refractivity contribution in [1.29, 1.82) is 0 Å². The molecule has 0 aromatic rings. The highest BCUT2D eigenvalue weighted by atomic mass is 16.5. The number of carboxylic acid groups (broad SMARTS) is 1. The predicted octanol–water partition coefficient (Wildman–Crippen LogP) is -0.667. The van der Waals surface area contributed by atoms with Crippen LogP contribution in [0, 0.1) is 0 Å². The van der Waals surface area contributed by atoms with Crippen LogP contribution in [0.1, 0.15) is 19.3 Å². The summed E-state index contributed by atoms with van der Waals surface area (Å²) in [6.07, 6.45) is 2.07. The molecule has 0 saturated carbocycles. The van der Waals surface area contributed by atoms with Crippen LogP contribution < -0.4 is 11.1 Å². The van der Waals surface area contributed by atoms with Gasteiger partial charge in [0.25, 0.3) is 0 Å². The molecule has 6 nitrogen and oxygen atoms in total. The van der Waals surface area contributed by atoms with Gasteiger partial charge in [0, 0.05) is 13.0 Å². The molecule has 0 radical (unpaired) electrons. The third-order valence-electron chi connectivity index (χ3n) is 1.65. The van der Waals surface area contributed by atoms with Gasteiger partial charge in [-0.2, -0.15) is 0 Å². The van der Waals surface area contributed by atoms with Gasteiger partial charge in [0.05, 0.1) is 6.61 Å². The number of amides is 1. The molecule has 0 heterocycles. The summed E-state index contributed by atoms with van der Waals surface area (Å²) in [4.78, 5) is 21.1. The Labute approximate surface area is 88.8 Å². The van der Waals surface area contributed by atoms with Gasteiger partial charge < -0.3 is 20.9 Å². The standard InChI is InChI=1S/C9H18N2O4/c10-4-2-1-3-8(12)11-5-6-15-7-9(13)14/h1-7,10H2,(H,11,12)(H,13,14). The lowest BCUT2D eigenvalue weighted by molar-refractivity contribution is -0.142. The number of nitrogens with one attached hydrogen (secondary N) is 1. The highest BCUT2D eigenvalue weighted by Crippen LogP contribution is 1.92. The number of nitrogens with two attached hydrogens (primary N) is 1. The normalized spacial score (nSPS) is 9.93. The molecule has 0 rings (SSSR count). The fraction of sp³-hybridized carbons (Fsp3) is 0.778. The van der Waals surface area contributed by atoms with Gasteiger partial charge >= 0.3 is 5.97 Å². The van der Waals surface area contributed by atoms with Crippen LogP contribution in [0.4, 0.5) is 0 Å². The third-order valence-corrected chi connectivity index (χ3v) is 1.65. The third kappa shape index (κ3) is 10.8. The Balaban J connectivity index is 3.20. The molecule has 4 N–H and O–H groups in total. The van der Waals surface area contributed by atoms with Crippen molar-refractivity contribution in [1.82, 2.24) is 5.32 Å². The van der Waals surface area contributed by atoms with Crippen LogP contribution in [0.15, 0.2) is 0 Å². The Hall–Kier alpha value is -1.14. The maximum Gasteiger partial charge on any atom is 0.329 e. The second-order valence-electron chi connectivity index (χ2n) is 3.04. The lowest BCUT2D eigenvalue weighted by Crippen LogP contribution is -2.27. The highest BCUT2D eigenvalue weighted by Gasteiger charge is 2.00. The molecule has 1 amide bonds. The smallest absolute Gasteiger partial charge is 0.329 e. The molecule has 0 aliphatic rings. The van der Waals surface area contributed by atoms with Crippen LogP contribution in [0.25, 0.3) is 0 Å². The number of carboxylic acids is 1. The molecule has 0 unspecified atom stereocenters. The van der Waals surface area contributed by atoms with E-state index < -0.39 is 5.97 Å². The van der Waals surface area contributed by atoms with Crippen LogP contribution in [0.2, 0.25) is 0 Å². The molecule has 0 aromatic heterocycles. The van der Waals surface area contributed by atoms with Gasteiger partial charge in [-0.05, 0) is 19.4 Å². The molecule has 15 heavy (non-hydrogen) atoms. The van der Waals surface area contributed by atoms with Crippen LogP contribution in [0.5, 0.6) is 0 Å². The second kappa shape index (κ2) is 9.42. The second-order valence-corrected chi connectivity index (χ2v) is 3.04. The summed E-state index contributed by atoms with van der Waals surface area (Å²) in [5.41, 5.74) is 5.28. The van der Waals surface area contributed by atoms with Gasteiger partial charge in [-0.25, -0.2) is 4.79 Å². The van der Waals surface area contributed by atoms with E-state index in [4.69, 9.17) is 15.6 Å².